The van der Waals surface area contributed by atoms with Crippen LogP contribution < -0.4 is 17.0 Å². The minimum absolute atomic E-state index is 0.254. The van der Waals surface area contributed by atoms with Gasteiger partial charge in [-0.1, -0.05) is 6.07 Å². The van der Waals surface area contributed by atoms with Gasteiger partial charge in [0.25, 0.3) is 5.84 Å². The molecule has 0 saturated heterocycles. The third-order valence-corrected chi connectivity index (χ3v) is 1.35. The van der Waals surface area contributed by atoms with Gasteiger partial charge in [-0.2, -0.15) is 5.53 Å². The summed E-state index contributed by atoms with van der Waals surface area (Å²) in [6.07, 6.45) is 0. The molecule has 0 unspecified atom stereocenters. The van der Waals surface area contributed by atoms with E-state index in [1.807, 2.05) is 0 Å². The molecule has 0 atom stereocenters. The lowest BCUT2D eigenvalue weighted by Gasteiger charge is -1.94. The summed E-state index contributed by atoms with van der Waals surface area (Å²) < 4.78 is 0. The molecule has 1 rings (SSSR count). The van der Waals surface area contributed by atoms with Gasteiger partial charge >= 0.3 is 0 Å². The van der Waals surface area contributed by atoms with E-state index in [0.717, 1.165) is 0 Å². The van der Waals surface area contributed by atoms with Crippen LogP contribution in [0.4, 0.5) is 5.69 Å². The molecule has 0 aliphatic heterocycles. The number of amidine groups is 1. The normalized spacial score (nSPS) is 11.2. The minimum atomic E-state index is 0.254. The van der Waals surface area contributed by atoms with Crippen molar-refractivity contribution in [2.24, 2.45) is 16.1 Å². The summed E-state index contributed by atoms with van der Waals surface area (Å²) in [7, 11) is 0. The van der Waals surface area contributed by atoms with Crippen LogP contribution in [0, 0.1) is 0 Å². The molecule has 0 bridgehead atoms. The molecule has 5 heteroatoms. The molecular formula is C7H10N5+. The highest BCUT2D eigenvalue weighted by atomic mass is 15.3. The molecule has 0 aromatic heterocycles. The van der Waals surface area contributed by atoms with Crippen LogP contribution in [0.15, 0.2) is 34.6 Å². The number of nitrogens with two attached hydrogens (primary N) is 3. The topological polar surface area (TPSA) is 102 Å². The largest absolute Gasteiger partial charge is 0.399 e. The summed E-state index contributed by atoms with van der Waals surface area (Å²) in [5, 5.41) is 6.54. The van der Waals surface area contributed by atoms with E-state index in [1.54, 1.807) is 24.3 Å². The SMILES string of the molecule is N/C(=N\N=[NH2+])c1cccc(N)c1. The molecule has 0 fully saturated rings. The molecular weight excluding hydrogens is 154 g/mol. The average molecular weight is 164 g/mol. The lowest BCUT2D eigenvalue weighted by Crippen LogP contribution is -2.23. The number of nitrogen functional groups attached to an aromatic ring is 1. The zero-order valence-corrected chi connectivity index (χ0v) is 6.44. The maximum absolute atomic E-state index is 5.52. The standard InChI is InChI=1S/C7H9N5/c8-6-3-1-2-5(4-6)7(9)11-12-10/h1-4H,8H2,(H3,9,10,11)/p+1. The molecule has 62 valence electrons. The van der Waals surface area contributed by atoms with Gasteiger partial charge in [0.15, 0.2) is 0 Å². The van der Waals surface area contributed by atoms with E-state index in [0.29, 0.717) is 11.3 Å². The number of hydrogen-bond donors (Lipinski definition) is 3. The van der Waals surface area contributed by atoms with E-state index in [1.165, 1.54) is 0 Å². The molecule has 0 heterocycles. The maximum atomic E-state index is 5.52. The van der Waals surface area contributed by atoms with Gasteiger partial charge in [-0.05, 0) is 18.2 Å². The molecule has 0 radical (unpaired) electrons. The Morgan fingerprint density at radius 3 is 2.75 bits per heavy atom. The summed E-state index contributed by atoms with van der Waals surface area (Å²) >= 11 is 0. The second-order valence-electron chi connectivity index (χ2n) is 2.23. The molecule has 1 aromatic rings. The van der Waals surface area contributed by atoms with Crippen LogP contribution in [-0.4, -0.2) is 5.84 Å². The number of nitrogens with zero attached hydrogens (tertiary/aromatic N) is 2. The molecule has 0 aliphatic carbocycles. The Balaban J connectivity index is 3.03. The zero-order valence-electron chi connectivity index (χ0n) is 6.44. The lowest BCUT2D eigenvalue weighted by molar-refractivity contribution is -0.221. The molecule has 12 heavy (non-hydrogen) atoms. The van der Waals surface area contributed by atoms with Crippen LogP contribution in [0.2, 0.25) is 0 Å². The quantitative estimate of drug-likeness (QED) is 0.173. The van der Waals surface area contributed by atoms with Crippen LogP contribution >= 0.6 is 0 Å². The lowest BCUT2D eigenvalue weighted by atomic mass is 10.2. The van der Waals surface area contributed by atoms with Crippen LogP contribution in [0.1, 0.15) is 5.56 Å². The van der Waals surface area contributed by atoms with E-state index in [2.05, 4.69) is 10.3 Å². The maximum Gasteiger partial charge on any atom is 0.273 e. The first-order valence-electron chi connectivity index (χ1n) is 3.33. The predicted octanol–water partition coefficient (Wildman–Crippen LogP) is -0.900. The zero-order chi connectivity index (χ0) is 8.97. The number of benzene rings is 1. The third kappa shape index (κ3) is 1.79. The highest BCUT2D eigenvalue weighted by Crippen LogP contribution is 2.05. The number of rotatable bonds is 2. The van der Waals surface area contributed by atoms with Crippen molar-refractivity contribution in [1.29, 1.82) is 0 Å². The summed E-state index contributed by atoms with van der Waals surface area (Å²) in [5.74, 6) is 0.254. The van der Waals surface area contributed by atoms with Gasteiger partial charge in [0.05, 0.1) is 5.10 Å². The fourth-order valence-electron chi connectivity index (χ4n) is 0.818. The Hall–Kier alpha value is -1.91. The highest BCUT2D eigenvalue weighted by Gasteiger charge is 2.02. The van der Waals surface area contributed by atoms with Crippen LogP contribution in [0.25, 0.3) is 0 Å². The van der Waals surface area contributed by atoms with Crippen molar-refractivity contribution >= 4 is 11.5 Å². The first-order chi connectivity index (χ1) is 5.74. The van der Waals surface area contributed by atoms with Gasteiger partial charge in [0, 0.05) is 11.3 Å². The molecule has 0 aliphatic rings. The smallest absolute Gasteiger partial charge is 0.273 e. The van der Waals surface area contributed by atoms with Gasteiger partial charge in [0.2, 0.25) is 0 Å². The van der Waals surface area contributed by atoms with Gasteiger partial charge in [-0.25, -0.2) is 0 Å². The summed E-state index contributed by atoms with van der Waals surface area (Å²) in [5.41, 5.74) is 17.2. The van der Waals surface area contributed by atoms with Gasteiger partial charge < -0.3 is 11.5 Å². The van der Waals surface area contributed by atoms with E-state index < -0.39 is 0 Å². The molecule has 0 saturated carbocycles. The van der Waals surface area contributed by atoms with Crippen molar-refractivity contribution < 1.29 is 5.53 Å². The minimum Gasteiger partial charge on any atom is -0.399 e. The summed E-state index contributed by atoms with van der Waals surface area (Å²) in [6, 6.07) is 7.02. The molecule has 6 N–H and O–H groups in total. The van der Waals surface area contributed by atoms with Crippen molar-refractivity contribution in [3.63, 3.8) is 0 Å². The monoisotopic (exact) mass is 164 g/mol. The Labute approximate surface area is 69.6 Å². The van der Waals surface area contributed by atoms with E-state index in [-0.39, 0.29) is 5.84 Å². The van der Waals surface area contributed by atoms with Crippen LogP contribution in [0.5, 0.6) is 0 Å². The molecule has 0 spiro atoms. The second-order valence-corrected chi connectivity index (χ2v) is 2.23. The van der Waals surface area contributed by atoms with Crippen LogP contribution in [0.3, 0.4) is 0 Å². The van der Waals surface area contributed by atoms with E-state index in [4.69, 9.17) is 17.0 Å². The average Bonchev–Trinajstić information content (AvgIpc) is 2.05. The highest BCUT2D eigenvalue weighted by molar-refractivity contribution is 5.97. The Morgan fingerprint density at radius 2 is 2.17 bits per heavy atom. The molecule has 0 amide bonds. The van der Waals surface area contributed by atoms with E-state index >= 15 is 0 Å². The summed E-state index contributed by atoms with van der Waals surface area (Å²) in [6.45, 7) is 0. The Bertz CT molecular complexity index is 317. The van der Waals surface area contributed by atoms with Crippen molar-refractivity contribution in [1.82, 2.24) is 0 Å². The van der Waals surface area contributed by atoms with Gasteiger partial charge in [-0.15, -0.1) is 0 Å². The van der Waals surface area contributed by atoms with Crippen molar-refractivity contribution in [3.05, 3.63) is 29.8 Å². The van der Waals surface area contributed by atoms with Gasteiger partial charge in [0.1, 0.15) is 5.22 Å². The fraction of sp³-hybridized carbons (Fsp3) is 0. The third-order valence-electron chi connectivity index (χ3n) is 1.35. The van der Waals surface area contributed by atoms with E-state index in [9.17, 15) is 0 Å². The predicted molar refractivity (Wildman–Crippen MR) is 45.9 cm³/mol. The van der Waals surface area contributed by atoms with Gasteiger partial charge in [-0.3, -0.25) is 0 Å². The second kappa shape index (κ2) is 3.47. The fourth-order valence-corrected chi connectivity index (χ4v) is 0.818. The van der Waals surface area contributed by atoms with Crippen molar-refractivity contribution in [2.45, 2.75) is 0 Å². The van der Waals surface area contributed by atoms with Crippen molar-refractivity contribution in [3.8, 4) is 0 Å². The first kappa shape index (κ1) is 8.19. The summed E-state index contributed by atoms with van der Waals surface area (Å²) in [4.78, 5) is 0. The number of anilines is 1. The molecule has 1 aromatic carbocycles. The first-order valence-corrected chi connectivity index (χ1v) is 3.33. The molecule has 5 nitrogen and oxygen atoms in total. The Kier molecular flexibility index (Phi) is 2.37. The number of hydrogen-bond acceptors (Lipinski definition) is 2. The Morgan fingerprint density at radius 1 is 1.42 bits per heavy atom. The van der Waals surface area contributed by atoms with Crippen molar-refractivity contribution in [2.75, 3.05) is 5.73 Å². The van der Waals surface area contributed by atoms with Crippen LogP contribution in [-0.2, 0) is 0 Å².